The minimum atomic E-state index is 0.336. The van der Waals surface area contributed by atoms with E-state index in [4.69, 9.17) is 0 Å². The number of carbonyl (C=O) groups is 1. The second-order valence-electron chi connectivity index (χ2n) is 10.3. The summed E-state index contributed by atoms with van der Waals surface area (Å²) in [6.45, 7) is 3.27. The summed E-state index contributed by atoms with van der Waals surface area (Å²) in [4.78, 5) is 17.5. The minimum Gasteiger partial charge on any atom is -0.352 e. The Morgan fingerprint density at radius 1 is 0.867 bits per heavy atom. The summed E-state index contributed by atoms with van der Waals surface area (Å²) in [5.74, 6) is 4.86. The predicted octanol–water partition coefficient (Wildman–Crippen LogP) is 3.52. The van der Waals surface area contributed by atoms with Gasteiger partial charge >= 0.3 is 0 Å². The maximum atomic E-state index is 13.2. The van der Waals surface area contributed by atoms with Crippen molar-refractivity contribution in [1.82, 2.24) is 19.7 Å². The van der Waals surface area contributed by atoms with Crippen molar-refractivity contribution in [2.75, 3.05) is 31.1 Å². The van der Waals surface area contributed by atoms with Crippen LogP contribution < -0.4 is 4.90 Å². The first kappa shape index (κ1) is 18.4. The van der Waals surface area contributed by atoms with Gasteiger partial charge in [-0.25, -0.2) is 0 Å². The van der Waals surface area contributed by atoms with Crippen molar-refractivity contribution in [3.63, 3.8) is 0 Å². The molecule has 4 bridgehead atoms. The number of nitrogens with zero attached hydrogens (tertiary/aromatic N) is 5. The van der Waals surface area contributed by atoms with Crippen LogP contribution >= 0.6 is 0 Å². The molecule has 0 unspecified atom stereocenters. The molecule has 5 aliphatic rings. The molecule has 3 heterocycles. The molecule has 0 N–H and O–H groups in total. The van der Waals surface area contributed by atoms with Crippen LogP contribution in [0.3, 0.4) is 0 Å². The molecule has 0 spiro atoms. The molecule has 5 fully saturated rings. The average Bonchev–Trinajstić information content (AvgIpc) is 3.28. The molecule has 1 amide bonds. The van der Waals surface area contributed by atoms with E-state index in [9.17, 15) is 4.79 Å². The van der Waals surface area contributed by atoms with Gasteiger partial charge in [0, 0.05) is 45.0 Å². The van der Waals surface area contributed by atoms with Crippen molar-refractivity contribution < 1.29 is 4.79 Å². The first-order valence-electron chi connectivity index (χ1n) is 11.7. The summed E-state index contributed by atoms with van der Waals surface area (Å²) in [5, 5.41) is 8.79. The lowest BCUT2D eigenvalue weighted by molar-refractivity contribution is -0.139. The van der Waals surface area contributed by atoms with E-state index < -0.39 is 0 Å². The van der Waals surface area contributed by atoms with Gasteiger partial charge in [0.15, 0.2) is 11.6 Å². The molecule has 2 aromatic rings. The number of aromatic nitrogens is 3. The van der Waals surface area contributed by atoms with Gasteiger partial charge in [-0.15, -0.1) is 10.2 Å². The van der Waals surface area contributed by atoms with E-state index in [1.165, 1.54) is 38.5 Å². The van der Waals surface area contributed by atoms with Crippen molar-refractivity contribution in [3.8, 4) is 5.82 Å². The lowest BCUT2D eigenvalue weighted by Gasteiger charge is -2.57. The van der Waals surface area contributed by atoms with Gasteiger partial charge in [-0.3, -0.25) is 4.79 Å². The summed E-state index contributed by atoms with van der Waals surface area (Å²) in [5.41, 5.74) is 0.336. The van der Waals surface area contributed by atoms with Gasteiger partial charge in [0.1, 0.15) is 0 Å². The lowest BCUT2D eigenvalue weighted by Crippen LogP contribution is -2.52. The highest BCUT2D eigenvalue weighted by Gasteiger charge is 2.51. The van der Waals surface area contributed by atoms with Crippen LogP contribution in [0.5, 0.6) is 0 Å². The molecule has 1 aliphatic heterocycles. The molecule has 2 aromatic heterocycles. The van der Waals surface area contributed by atoms with Gasteiger partial charge in [0.2, 0.25) is 5.91 Å². The van der Waals surface area contributed by atoms with Gasteiger partial charge in [-0.05, 0) is 86.0 Å². The SMILES string of the molecule is O=C(CC12CC3CC(CC(C3)C1)C2)N1CCN(c2ccc(-n3cccc3)nn2)CC1. The Kier molecular flexibility index (Phi) is 4.36. The fourth-order valence-electron chi connectivity index (χ4n) is 7.24. The quantitative estimate of drug-likeness (QED) is 0.781. The Morgan fingerprint density at radius 2 is 1.43 bits per heavy atom. The van der Waals surface area contributed by atoms with Crippen molar-refractivity contribution >= 4 is 11.7 Å². The van der Waals surface area contributed by atoms with Gasteiger partial charge in [-0.2, -0.15) is 0 Å². The second-order valence-corrected chi connectivity index (χ2v) is 10.3. The van der Waals surface area contributed by atoms with E-state index in [0.29, 0.717) is 11.3 Å². The van der Waals surface area contributed by atoms with Gasteiger partial charge < -0.3 is 14.4 Å². The standard InChI is InChI=1S/C24H31N5O/c30-23(17-24-14-18-11-19(15-24)13-20(12-18)16-24)29-9-7-28(8-10-29)22-4-3-21(25-26-22)27-5-1-2-6-27/h1-6,18-20H,7-17H2. The molecule has 158 valence electrons. The monoisotopic (exact) mass is 405 g/mol. The summed E-state index contributed by atoms with van der Waals surface area (Å²) < 4.78 is 1.96. The zero-order valence-electron chi connectivity index (χ0n) is 17.6. The molecule has 0 radical (unpaired) electrons. The van der Waals surface area contributed by atoms with Crippen LogP contribution in [0.2, 0.25) is 0 Å². The number of anilines is 1. The highest BCUT2D eigenvalue weighted by Crippen LogP contribution is 2.61. The third-order valence-corrected chi connectivity index (χ3v) is 8.15. The third-order valence-electron chi connectivity index (χ3n) is 8.15. The van der Waals surface area contributed by atoms with E-state index in [2.05, 4.69) is 20.0 Å². The van der Waals surface area contributed by atoms with Crippen molar-refractivity contribution in [3.05, 3.63) is 36.7 Å². The Balaban J connectivity index is 1.06. The fourth-order valence-corrected chi connectivity index (χ4v) is 7.24. The third kappa shape index (κ3) is 3.30. The van der Waals surface area contributed by atoms with Gasteiger partial charge in [-0.1, -0.05) is 0 Å². The highest BCUT2D eigenvalue weighted by molar-refractivity contribution is 5.77. The molecule has 6 nitrogen and oxygen atoms in total. The topological polar surface area (TPSA) is 54.3 Å². The summed E-state index contributed by atoms with van der Waals surface area (Å²) in [6, 6.07) is 8.01. The fraction of sp³-hybridized carbons (Fsp3) is 0.625. The molecule has 4 aliphatic carbocycles. The maximum Gasteiger partial charge on any atom is 0.223 e. The van der Waals surface area contributed by atoms with Gasteiger partial charge in [0.05, 0.1) is 0 Å². The molecule has 6 heteroatoms. The number of amides is 1. The molecular formula is C24H31N5O. The van der Waals surface area contributed by atoms with Crippen LogP contribution in [0.25, 0.3) is 5.82 Å². The van der Waals surface area contributed by atoms with Gasteiger partial charge in [0.25, 0.3) is 0 Å². The molecule has 0 atom stereocenters. The first-order valence-corrected chi connectivity index (χ1v) is 11.7. The Morgan fingerprint density at radius 3 is 2.00 bits per heavy atom. The first-order chi connectivity index (χ1) is 14.7. The van der Waals surface area contributed by atoms with Crippen molar-refractivity contribution in [2.45, 2.75) is 44.9 Å². The zero-order chi connectivity index (χ0) is 20.1. The Bertz CT molecular complexity index is 863. The predicted molar refractivity (Wildman–Crippen MR) is 115 cm³/mol. The van der Waals surface area contributed by atoms with E-state index in [-0.39, 0.29) is 0 Å². The van der Waals surface area contributed by atoms with Crippen molar-refractivity contribution in [1.29, 1.82) is 0 Å². The Hall–Kier alpha value is -2.37. The molecule has 4 saturated carbocycles. The van der Waals surface area contributed by atoms with Crippen LogP contribution in [0.15, 0.2) is 36.7 Å². The molecule has 7 rings (SSSR count). The van der Waals surface area contributed by atoms with Crippen molar-refractivity contribution in [2.24, 2.45) is 23.2 Å². The summed E-state index contributed by atoms with van der Waals surface area (Å²) >= 11 is 0. The summed E-state index contributed by atoms with van der Waals surface area (Å²) in [6.07, 6.45) is 13.0. The number of hydrogen-bond donors (Lipinski definition) is 0. The van der Waals surface area contributed by atoms with Crippen LogP contribution in [0.4, 0.5) is 5.82 Å². The molecule has 30 heavy (non-hydrogen) atoms. The van der Waals surface area contributed by atoms with Crippen LogP contribution in [-0.2, 0) is 4.79 Å². The molecule has 1 saturated heterocycles. The van der Waals surface area contributed by atoms with Crippen LogP contribution in [0, 0.1) is 23.2 Å². The largest absolute Gasteiger partial charge is 0.352 e. The number of hydrogen-bond acceptors (Lipinski definition) is 4. The maximum absolute atomic E-state index is 13.2. The van der Waals surface area contributed by atoms with E-state index >= 15 is 0 Å². The zero-order valence-corrected chi connectivity index (χ0v) is 17.6. The van der Waals surface area contributed by atoms with E-state index in [0.717, 1.165) is 62.0 Å². The minimum absolute atomic E-state index is 0.336. The number of rotatable bonds is 4. The Labute approximate surface area is 178 Å². The van der Waals surface area contributed by atoms with E-state index in [1.807, 2.05) is 41.2 Å². The molecular weight excluding hydrogens is 374 g/mol. The smallest absolute Gasteiger partial charge is 0.223 e. The number of piperazine rings is 1. The summed E-state index contributed by atoms with van der Waals surface area (Å²) in [7, 11) is 0. The van der Waals surface area contributed by atoms with Crippen LogP contribution in [-0.4, -0.2) is 51.8 Å². The van der Waals surface area contributed by atoms with E-state index in [1.54, 1.807) is 0 Å². The average molecular weight is 406 g/mol. The van der Waals surface area contributed by atoms with Crippen LogP contribution in [0.1, 0.15) is 44.9 Å². The molecule has 0 aromatic carbocycles. The normalized spacial score (nSPS) is 32.6. The second kappa shape index (κ2) is 7.10. The number of carbonyl (C=O) groups excluding carboxylic acids is 1. The lowest BCUT2D eigenvalue weighted by atomic mass is 9.49. The highest BCUT2D eigenvalue weighted by atomic mass is 16.2.